The first kappa shape index (κ1) is 26.7. The SMILES string of the molecule is COc1ccc(COC(=O)C(C)(C)CN2CC[C@H]3[C@@H](C2=O)N(C(=O)OC(C)(C)C)CC3(F)F)cc1. The van der Waals surface area contributed by atoms with E-state index < -0.39 is 53.4 Å². The number of amides is 2. The molecule has 2 saturated heterocycles. The number of fused-ring (bicyclic) bond motifs is 1. The fourth-order valence-electron chi connectivity index (χ4n) is 4.42. The molecule has 0 aliphatic carbocycles. The number of carbonyl (C=O) groups excluding carboxylic acids is 3. The first-order chi connectivity index (χ1) is 16.1. The number of alkyl halides is 2. The summed E-state index contributed by atoms with van der Waals surface area (Å²) >= 11 is 0. The number of likely N-dealkylation sites (tertiary alicyclic amines) is 2. The minimum atomic E-state index is -3.20. The fraction of sp³-hybridized carbons (Fsp3) is 0.640. The number of hydrogen-bond acceptors (Lipinski definition) is 6. The van der Waals surface area contributed by atoms with Crippen LogP contribution in [0.2, 0.25) is 0 Å². The number of rotatable bonds is 6. The number of carbonyl (C=O) groups is 3. The number of ether oxygens (including phenoxy) is 3. The Morgan fingerprint density at radius 2 is 1.74 bits per heavy atom. The summed E-state index contributed by atoms with van der Waals surface area (Å²) in [6, 6.07) is 5.73. The van der Waals surface area contributed by atoms with Crippen molar-refractivity contribution >= 4 is 18.0 Å². The lowest BCUT2D eigenvalue weighted by molar-refractivity contribution is -0.159. The highest BCUT2D eigenvalue weighted by atomic mass is 19.3. The highest BCUT2D eigenvalue weighted by molar-refractivity contribution is 5.88. The van der Waals surface area contributed by atoms with Crippen LogP contribution in [-0.4, -0.2) is 72.1 Å². The van der Waals surface area contributed by atoms with Crippen LogP contribution in [0.5, 0.6) is 5.75 Å². The molecule has 1 aromatic rings. The molecule has 10 heteroatoms. The van der Waals surface area contributed by atoms with Crippen molar-refractivity contribution in [1.82, 2.24) is 9.80 Å². The molecule has 3 rings (SSSR count). The molecule has 2 amide bonds. The second kappa shape index (κ2) is 9.62. The quantitative estimate of drug-likeness (QED) is 0.556. The second-order valence-corrected chi connectivity index (χ2v) is 10.8. The van der Waals surface area contributed by atoms with Gasteiger partial charge in [-0.15, -0.1) is 0 Å². The summed E-state index contributed by atoms with van der Waals surface area (Å²) in [7, 11) is 1.56. The van der Waals surface area contributed by atoms with E-state index in [0.29, 0.717) is 5.75 Å². The number of hydrogen-bond donors (Lipinski definition) is 0. The van der Waals surface area contributed by atoms with E-state index in [4.69, 9.17) is 14.2 Å². The van der Waals surface area contributed by atoms with Crippen molar-refractivity contribution in [3.63, 3.8) is 0 Å². The molecule has 0 unspecified atom stereocenters. The lowest BCUT2D eigenvalue weighted by atomic mass is 9.86. The maximum absolute atomic E-state index is 14.7. The fourth-order valence-corrected chi connectivity index (χ4v) is 4.42. The molecule has 2 fully saturated rings. The standard InChI is InChI=1S/C25H34F2N2O6/c1-23(2,3)35-22(32)29-15-25(26,27)18-11-12-28(20(30)19(18)29)14-24(4,5)21(31)34-13-16-7-9-17(33-6)10-8-16/h7-10,18-19H,11-15H2,1-6H3/t18-,19-/m0/s1. The van der Waals surface area contributed by atoms with Gasteiger partial charge in [0.25, 0.3) is 5.92 Å². The van der Waals surface area contributed by atoms with Gasteiger partial charge in [0, 0.05) is 13.1 Å². The van der Waals surface area contributed by atoms with Crippen molar-refractivity contribution in [3.05, 3.63) is 29.8 Å². The Hall–Kier alpha value is -2.91. The zero-order valence-electron chi connectivity index (χ0n) is 21.1. The predicted molar refractivity (Wildman–Crippen MR) is 123 cm³/mol. The van der Waals surface area contributed by atoms with Crippen LogP contribution < -0.4 is 4.74 Å². The zero-order chi connectivity index (χ0) is 26.2. The van der Waals surface area contributed by atoms with Crippen LogP contribution in [0.3, 0.4) is 0 Å². The number of piperidine rings is 1. The minimum Gasteiger partial charge on any atom is -0.497 e. The van der Waals surface area contributed by atoms with Gasteiger partial charge in [0.2, 0.25) is 5.91 Å². The molecule has 0 spiro atoms. The molecule has 0 radical (unpaired) electrons. The van der Waals surface area contributed by atoms with Gasteiger partial charge in [-0.3, -0.25) is 14.5 Å². The normalized spacial score (nSPS) is 22.0. The van der Waals surface area contributed by atoms with Gasteiger partial charge < -0.3 is 19.1 Å². The van der Waals surface area contributed by atoms with Gasteiger partial charge >= 0.3 is 12.1 Å². The monoisotopic (exact) mass is 496 g/mol. The third kappa shape index (κ3) is 6.02. The number of nitrogens with zero attached hydrogens (tertiary/aromatic N) is 2. The molecular formula is C25H34F2N2O6. The molecule has 2 atom stereocenters. The summed E-state index contributed by atoms with van der Waals surface area (Å²) in [6.45, 7) is 7.38. The lowest BCUT2D eigenvalue weighted by Gasteiger charge is -2.40. The third-order valence-electron chi connectivity index (χ3n) is 6.21. The van der Waals surface area contributed by atoms with Crippen LogP contribution in [0.25, 0.3) is 0 Å². The number of methoxy groups -OCH3 is 1. The van der Waals surface area contributed by atoms with E-state index >= 15 is 0 Å². The summed E-state index contributed by atoms with van der Waals surface area (Å²) < 4.78 is 45.2. The second-order valence-electron chi connectivity index (χ2n) is 10.8. The van der Waals surface area contributed by atoms with Crippen molar-refractivity contribution in [1.29, 1.82) is 0 Å². The van der Waals surface area contributed by atoms with Crippen LogP contribution in [0, 0.1) is 11.3 Å². The number of esters is 1. The summed E-state index contributed by atoms with van der Waals surface area (Å²) in [5.41, 5.74) is -1.21. The first-order valence-corrected chi connectivity index (χ1v) is 11.6. The van der Waals surface area contributed by atoms with Gasteiger partial charge in [0.1, 0.15) is 24.0 Å². The Morgan fingerprint density at radius 3 is 2.31 bits per heavy atom. The Balaban J connectivity index is 1.68. The molecule has 0 saturated carbocycles. The van der Waals surface area contributed by atoms with Crippen LogP contribution in [0.4, 0.5) is 13.6 Å². The number of benzene rings is 1. The van der Waals surface area contributed by atoms with Crippen molar-refractivity contribution in [2.24, 2.45) is 11.3 Å². The third-order valence-corrected chi connectivity index (χ3v) is 6.21. The topological polar surface area (TPSA) is 85.4 Å². The van der Waals surface area contributed by atoms with E-state index in [0.717, 1.165) is 10.5 Å². The van der Waals surface area contributed by atoms with E-state index in [-0.39, 0.29) is 26.1 Å². The van der Waals surface area contributed by atoms with Gasteiger partial charge in [-0.2, -0.15) is 0 Å². The number of halogens is 2. The molecule has 2 aliphatic heterocycles. The molecule has 1 aromatic carbocycles. The van der Waals surface area contributed by atoms with Crippen LogP contribution in [-0.2, 0) is 25.7 Å². The van der Waals surface area contributed by atoms with E-state index in [1.165, 1.54) is 4.90 Å². The Morgan fingerprint density at radius 1 is 1.11 bits per heavy atom. The van der Waals surface area contributed by atoms with E-state index in [1.54, 1.807) is 66.0 Å². The molecular weight excluding hydrogens is 462 g/mol. The predicted octanol–water partition coefficient (Wildman–Crippen LogP) is 3.87. The highest BCUT2D eigenvalue weighted by Gasteiger charge is 2.61. The van der Waals surface area contributed by atoms with E-state index in [2.05, 4.69) is 0 Å². The van der Waals surface area contributed by atoms with Gasteiger partial charge in [-0.05, 0) is 58.7 Å². The smallest absolute Gasteiger partial charge is 0.411 e. The average molecular weight is 497 g/mol. The van der Waals surface area contributed by atoms with Crippen molar-refractivity contribution < 1.29 is 37.4 Å². The van der Waals surface area contributed by atoms with Crippen molar-refractivity contribution in [3.8, 4) is 5.75 Å². The van der Waals surface area contributed by atoms with E-state index in [9.17, 15) is 23.2 Å². The zero-order valence-corrected chi connectivity index (χ0v) is 21.1. The first-order valence-electron chi connectivity index (χ1n) is 11.6. The van der Waals surface area contributed by atoms with Crippen molar-refractivity contribution in [2.75, 3.05) is 26.7 Å². The minimum absolute atomic E-state index is 0.0136. The van der Waals surface area contributed by atoms with Gasteiger partial charge in [0.05, 0.1) is 25.0 Å². The summed E-state index contributed by atoms with van der Waals surface area (Å²) in [4.78, 5) is 40.9. The average Bonchev–Trinajstić information content (AvgIpc) is 3.04. The molecule has 35 heavy (non-hydrogen) atoms. The van der Waals surface area contributed by atoms with Gasteiger partial charge in [-0.1, -0.05) is 12.1 Å². The summed E-state index contributed by atoms with van der Waals surface area (Å²) in [5.74, 6) is -4.94. The molecule has 2 heterocycles. The highest BCUT2D eigenvalue weighted by Crippen LogP contribution is 2.44. The Labute approximate surface area is 204 Å². The lowest BCUT2D eigenvalue weighted by Crippen LogP contribution is -2.57. The summed E-state index contributed by atoms with van der Waals surface area (Å²) in [6.07, 6.45) is -0.933. The van der Waals surface area contributed by atoms with Crippen LogP contribution in [0.15, 0.2) is 24.3 Å². The van der Waals surface area contributed by atoms with Crippen LogP contribution >= 0.6 is 0 Å². The molecule has 0 N–H and O–H groups in total. The molecule has 8 nitrogen and oxygen atoms in total. The maximum atomic E-state index is 14.7. The van der Waals surface area contributed by atoms with Gasteiger partial charge in [-0.25, -0.2) is 13.6 Å². The Kier molecular flexibility index (Phi) is 7.34. The van der Waals surface area contributed by atoms with Gasteiger partial charge in [0.15, 0.2) is 0 Å². The molecule has 0 bridgehead atoms. The summed E-state index contributed by atoms with van der Waals surface area (Å²) in [5, 5.41) is 0. The molecule has 2 aliphatic rings. The largest absolute Gasteiger partial charge is 0.497 e. The molecule has 0 aromatic heterocycles. The van der Waals surface area contributed by atoms with Crippen LogP contribution in [0.1, 0.15) is 46.6 Å². The van der Waals surface area contributed by atoms with E-state index in [1.807, 2.05) is 0 Å². The Bertz CT molecular complexity index is 958. The molecule has 194 valence electrons. The maximum Gasteiger partial charge on any atom is 0.411 e. The van der Waals surface area contributed by atoms with Crippen molar-refractivity contribution in [2.45, 2.75) is 65.2 Å².